The monoisotopic (exact) mass is 296 g/mol. The van der Waals surface area contributed by atoms with Crippen LogP contribution in [0.3, 0.4) is 0 Å². The fourth-order valence-electron chi connectivity index (χ4n) is 1.17. The van der Waals surface area contributed by atoms with Gasteiger partial charge < -0.3 is 9.47 Å². The molecule has 0 N–H and O–H groups in total. The average molecular weight is 297 g/mol. The number of benzene rings is 1. The summed E-state index contributed by atoms with van der Waals surface area (Å²) in [5.41, 5.74) is 0.955. The SMILES string of the molecule is C#CCOc1cc(OC(=O)CC)ccc1CBr. The zero-order chi connectivity index (χ0) is 12.7. The summed E-state index contributed by atoms with van der Waals surface area (Å²) in [6, 6.07) is 5.23. The minimum atomic E-state index is -0.278. The summed E-state index contributed by atoms with van der Waals surface area (Å²) >= 11 is 3.35. The highest BCUT2D eigenvalue weighted by Crippen LogP contribution is 2.27. The maximum absolute atomic E-state index is 11.2. The lowest BCUT2D eigenvalue weighted by atomic mass is 10.2. The maximum Gasteiger partial charge on any atom is 0.310 e. The first-order valence-corrected chi connectivity index (χ1v) is 6.29. The Bertz CT molecular complexity index is 435. The number of hydrogen-bond acceptors (Lipinski definition) is 3. The van der Waals surface area contributed by atoms with Gasteiger partial charge in [0.1, 0.15) is 18.1 Å². The molecule has 1 aromatic rings. The Balaban J connectivity index is 2.88. The van der Waals surface area contributed by atoms with Crippen molar-refractivity contribution in [3.8, 4) is 23.8 Å². The van der Waals surface area contributed by atoms with E-state index in [1.54, 1.807) is 19.1 Å². The first-order valence-electron chi connectivity index (χ1n) is 5.17. The molecule has 0 aliphatic carbocycles. The van der Waals surface area contributed by atoms with E-state index < -0.39 is 0 Å². The van der Waals surface area contributed by atoms with Crippen LogP contribution in [0.5, 0.6) is 11.5 Å². The Hall–Kier alpha value is -1.47. The Labute approximate surface area is 109 Å². The zero-order valence-electron chi connectivity index (χ0n) is 9.53. The molecular weight excluding hydrogens is 284 g/mol. The van der Waals surface area contributed by atoms with Crippen LogP contribution < -0.4 is 9.47 Å². The average Bonchev–Trinajstić information content (AvgIpc) is 2.36. The van der Waals surface area contributed by atoms with E-state index in [-0.39, 0.29) is 12.6 Å². The summed E-state index contributed by atoms with van der Waals surface area (Å²) in [5.74, 6) is 3.21. The zero-order valence-corrected chi connectivity index (χ0v) is 11.1. The molecule has 0 saturated heterocycles. The summed E-state index contributed by atoms with van der Waals surface area (Å²) < 4.78 is 10.5. The maximum atomic E-state index is 11.2. The number of carbonyl (C=O) groups excluding carboxylic acids is 1. The van der Waals surface area contributed by atoms with Gasteiger partial charge in [0.15, 0.2) is 0 Å². The number of terminal acetylenes is 1. The Kier molecular flexibility index (Phi) is 5.58. The molecule has 0 unspecified atom stereocenters. The predicted octanol–water partition coefficient (Wildman–Crippen LogP) is 2.91. The largest absolute Gasteiger partial charge is 0.480 e. The minimum Gasteiger partial charge on any atom is -0.480 e. The molecule has 0 bridgehead atoms. The van der Waals surface area contributed by atoms with E-state index >= 15 is 0 Å². The molecule has 0 heterocycles. The van der Waals surface area contributed by atoms with Crippen LogP contribution in [0, 0.1) is 12.3 Å². The number of rotatable bonds is 5. The van der Waals surface area contributed by atoms with Gasteiger partial charge in [-0.1, -0.05) is 34.8 Å². The van der Waals surface area contributed by atoms with Gasteiger partial charge in [-0.25, -0.2) is 0 Å². The van der Waals surface area contributed by atoms with E-state index in [9.17, 15) is 4.79 Å². The van der Waals surface area contributed by atoms with Gasteiger partial charge in [-0.3, -0.25) is 4.79 Å². The van der Waals surface area contributed by atoms with Gasteiger partial charge in [0.05, 0.1) is 0 Å². The van der Waals surface area contributed by atoms with Gasteiger partial charge in [-0.15, -0.1) is 6.42 Å². The van der Waals surface area contributed by atoms with Crippen molar-refractivity contribution in [3.05, 3.63) is 23.8 Å². The number of alkyl halides is 1. The second-order valence-electron chi connectivity index (χ2n) is 3.22. The lowest BCUT2D eigenvalue weighted by Crippen LogP contribution is -2.06. The molecule has 3 nitrogen and oxygen atoms in total. The highest BCUT2D eigenvalue weighted by atomic mass is 79.9. The van der Waals surface area contributed by atoms with Gasteiger partial charge in [-0.2, -0.15) is 0 Å². The number of hydrogen-bond donors (Lipinski definition) is 0. The summed E-state index contributed by atoms with van der Waals surface area (Å²) in [6.07, 6.45) is 5.47. The molecule has 1 rings (SSSR count). The summed E-state index contributed by atoms with van der Waals surface area (Å²) in [6.45, 7) is 1.93. The van der Waals surface area contributed by atoms with Gasteiger partial charge >= 0.3 is 5.97 Å². The molecule has 0 aliphatic rings. The number of carbonyl (C=O) groups is 1. The third-order valence-electron chi connectivity index (χ3n) is 2.01. The van der Waals surface area contributed by atoms with E-state index in [1.807, 2.05) is 6.07 Å². The van der Waals surface area contributed by atoms with Crippen LogP contribution in [0.25, 0.3) is 0 Å². The summed E-state index contributed by atoms with van der Waals surface area (Å²) in [5, 5.41) is 0.648. The molecule has 0 radical (unpaired) electrons. The fourth-order valence-corrected chi connectivity index (χ4v) is 1.63. The van der Waals surface area contributed by atoms with Crippen molar-refractivity contribution >= 4 is 21.9 Å². The van der Waals surface area contributed by atoms with Crippen LogP contribution in [0.1, 0.15) is 18.9 Å². The molecule has 0 amide bonds. The van der Waals surface area contributed by atoms with Crippen LogP contribution >= 0.6 is 15.9 Å². The second kappa shape index (κ2) is 6.97. The van der Waals surface area contributed by atoms with Crippen molar-refractivity contribution in [1.82, 2.24) is 0 Å². The molecule has 0 fully saturated rings. The Morgan fingerprint density at radius 2 is 2.29 bits per heavy atom. The van der Waals surface area contributed by atoms with Crippen molar-refractivity contribution in [3.63, 3.8) is 0 Å². The highest BCUT2D eigenvalue weighted by molar-refractivity contribution is 9.08. The van der Waals surface area contributed by atoms with E-state index in [0.717, 1.165) is 5.56 Å². The van der Waals surface area contributed by atoms with Gasteiger partial charge in [-0.05, 0) is 6.07 Å². The Morgan fingerprint density at radius 1 is 1.53 bits per heavy atom. The van der Waals surface area contributed by atoms with Crippen molar-refractivity contribution in [2.75, 3.05) is 6.61 Å². The third-order valence-corrected chi connectivity index (χ3v) is 2.62. The molecule has 0 aromatic heterocycles. The molecule has 90 valence electrons. The number of ether oxygens (including phenoxy) is 2. The van der Waals surface area contributed by atoms with Gasteiger partial charge in [0.2, 0.25) is 0 Å². The standard InChI is InChI=1S/C13H13BrO3/c1-3-7-16-12-8-11(17-13(15)4-2)6-5-10(12)9-14/h1,5-6,8H,4,7,9H2,2H3. The number of esters is 1. The summed E-state index contributed by atoms with van der Waals surface area (Å²) in [4.78, 5) is 11.2. The van der Waals surface area contributed by atoms with Crippen LogP contribution in [-0.4, -0.2) is 12.6 Å². The fraction of sp³-hybridized carbons (Fsp3) is 0.308. The van der Waals surface area contributed by atoms with Crippen LogP contribution in [0.4, 0.5) is 0 Å². The van der Waals surface area contributed by atoms with Crippen molar-refractivity contribution in [1.29, 1.82) is 0 Å². The first kappa shape index (κ1) is 13.6. The molecular formula is C13H13BrO3. The molecule has 0 atom stereocenters. The predicted molar refractivity (Wildman–Crippen MR) is 69.3 cm³/mol. The van der Waals surface area contributed by atoms with Crippen molar-refractivity contribution in [2.45, 2.75) is 18.7 Å². The highest BCUT2D eigenvalue weighted by Gasteiger charge is 2.07. The smallest absolute Gasteiger partial charge is 0.310 e. The van der Waals surface area contributed by atoms with Crippen molar-refractivity contribution in [2.24, 2.45) is 0 Å². The van der Waals surface area contributed by atoms with Crippen LogP contribution in [-0.2, 0) is 10.1 Å². The normalized spacial score (nSPS) is 9.47. The minimum absolute atomic E-state index is 0.186. The molecule has 17 heavy (non-hydrogen) atoms. The van der Waals surface area contributed by atoms with Crippen molar-refractivity contribution < 1.29 is 14.3 Å². The molecule has 1 aromatic carbocycles. The molecule has 0 spiro atoms. The molecule has 0 aliphatic heterocycles. The Morgan fingerprint density at radius 3 is 2.88 bits per heavy atom. The van der Waals surface area contributed by atoms with E-state index in [4.69, 9.17) is 15.9 Å². The molecule has 4 heteroatoms. The van der Waals surface area contributed by atoms with Crippen LogP contribution in [0.2, 0.25) is 0 Å². The van der Waals surface area contributed by atoms with Gasteiger partial charge in [0, 0.05) is 23.4 Å². The topological polar surface area (TPSA) is 35.5 Å². The number of halogens is 1. The van der Waals surface area contributed by atoms with Gasteiger partial charge in [0.25, 0.3) is 0 Å². The lowest BCUT2D eigenvalue weighted by Gasteiger charge is -2.10. The first-order chi connectivity index (χ1) is 8.21. The van der Waals surface area contributed by atoms with E-state index in [2.05, 4.69) is 21.9 Å². The van der Waals surface area contributed by atoms with E-state index in [1.165, 1.54) is 0 Å². The summed E-state index contributed by atoms with van der Waals surface area (Å²) in [7, 11) is 0. The lowest BCUT2D eigenvalue weighted by molar-refractivity contribution is -0.134. The molecule has 0 saturated carbocycles. The second-order valence-corrected chi connectivity index (χ2v) is 3.78. The third kappa shape index (κ3) is 4.12. The van der Waals surface area contributed by atoms with Crippen LogP contribution in [0.15, 0.2) is 18.2 Å². The van der Waals surface area contributed by atoms with E-state index in [0.29, 0.717) is 23.2 Å². The quantitative estimate of drug-likeness (QED) is 0.363.